The minimum Gasteiger partial charge on any atom is -0.457 e. The summed E-state index contributed by atoms with van der Waals surface area (Å²) in [6.07, 6.45) is 0.0148. The molecule has 0 bridgehead atoms. The van der Waals surface area contributed by atoms with E-state index in [0.29, 0.717) is 31.6 Å². The van der Waals surface area contributed by atoms with Crippen molar-refractivity contribution in [1.29, 1.82) is 0 Å². The molecule has 118 valence electrons. The highest BCUT2D eigenvalue weighted by molar-refractivity contribution is 7.17. The number of esters is 1. The third-order valence-corrected chi connectivity index (χ3v) is 4.57. The van der Waals surface area contributed by atoms with Gasteiger partial charge in [-0.15, -0.1) is 11.3 Å². The normalized spacial score (nSPS) is 10.9. The Bertz CT molecular complexity index is 936. The number of ether oxygens (including phenoxy) is 1. The molecule has 5 nitrogen and oxygen atoms in total. The van der Waals surface area contributed by atoms with Crippen molar-refractivity contribution in [2.45, 2.75) is 13.0 Å². The van der Waals surface area contributed by atoms with Gasteiger partial charge in [0.1, 0.15) is 17.1 Å². The van der Waals surface area contributed by atoms with E-state index in [0.717, 1.165) is 0 Å². The van der Waals surface area contributed by atoms with Crippen LogP contribution < -0.4 is 5.56 Å². The highest BCUT2D eigenvalue weighted by Crippen LogP contribution is 2.21. The van der Waals surface area contributed by atoms with E-state index in [1.54, 1.807) is 29.6 Å². The molecule has 3 rings (SSSR count). The number of nitrogens with one attached hydrogen (secondary N) is 1. The lowest BCUT2D eigenvalue weighted by Crippen LogP contribution is -2.14. The van der Waals surface area contributed by atoms with Gasteiger partial charge in [0.25, 0.3) is 5.56 Å². The second-order valence-corrected chi connectivity index (χ2v) is 6.48. The lowest BCUT2D eigenvalue weighted by atomic mass is 10.1. The van der Waals surface area contributed by atoms with E-state index in [4.69, 9.17) is 27.9 Å². The number of H-pyrrole nitrogens is 1. The second-order valence-electron chi connectivity index (χ2n) is 4.72. The first-order valence-electron chi connectivity index (χ1n) is 6.59. The first-order valence-corrected chi connectivity index (χ1v) is 8.22. The predicted octanol–water partition coefficient (Wildman–Crippen LogP) is 3.58. The number of fused-ring (bicyclic) bond motifs is 1. The van der Waals surface area contributed by atoms with Crippen LogP contribution in [-0.4, -0.2) is 15.9 Å². The molecule has 0 aliphatic heterocycles. The van der Waals surface area contributed by atoms with Gasteiger partial charge >= 0.3 is 5.97 Å². The van der Waals surface area contributed by atoms with Crippen LogP contribution in [0.3, 0.4) is 0 Å². The molecule has 1 N–H and O–H groups in total. The fourth-order valence-electron chi connectivity index (χ4n) is 2.01. The largest absolute Gasteiger partial charge is 0.457 e. The Labute approximate surface area is 144 Å². The van der Waals surface area contributed by atoms with E-state index in [-0.39, 0.29) is 18.6 Å². The molecule has 0 amide bonds. The fourth-order valence-corrected chi connectivity index (χ4v) is 3.21. The van der Waals surface area contributed by atoms with Crippen LogP contribution in [0.2, 0.25) is 10.0 Å². The Morgan fingerprint density at radius 2 is 2.13 bits per heavy atom. The zero-order valence-electron chi connectivity index (χ0n) is 11.6. The van der Waals surface area contributed by atoms with E-state index >= 15 is 0 Å². The first kappa shape index (κ1) is 16.0. The van der Waals surface area contributed by atoms with E-state index < -0.39 is 5.97 Å². The lowest BCUT2D eigenvalue weighted by Gasteiger charge is -2.06. The summed E-state index contributed by atoms with van der Waals surface area (Å²) in [6, 6.07) is 6.63. The SMILES string of the molecule is O=C(Cc1ccc(Cl)cc1Cl)OCc1nc2ccsc2c(=O)[nH]1. The van der Waals surface area contributed by atoms with Crippen LogP contribution in [-0.2, 0) is 22.6 Å². The zero-order chi connectivity index (χ0) is 16.4. The van der Waals surface area contributed by atoms with Crippen molar-refractivity contribution in [2.24, 2.45) is 0 Å². The average molecular weight is 369 g/mol. The van der Waals surface area contributed by atoms with Gasteiger partial charge in [0.05, 0.1) is 11.9 Å². The first-order chi connectivity index (χ1) is 11.0. The second kappa shape index (κ2) is 6.70. The molecule has 0 radical (unpaired) electrons. The lowest BCUT2D eigenvalue weighted by molar-refractivity contribution is -0.144. The number of hydrogen-bond donors (Lipinski definition) is 1. The number of benzene rings is 1. The third kappa shape index (κ3) is 3.72. The van der Waals surface area contributed by atoms with Gasteiger partial charge in [-0.3, -0.25) is 9.59 Å². The van der Waals surface area contributed by atoms with Gasteiger partial charge < -0.3 is 9.72 Å². The minimum absolute atomic E-state index is 0.0148. The minimum atomic E-state index is -0.470. The van der Waals surface area contributed by atoms with Gasteiger partial charge in [0.15, 0.2) is 0 Å². The molecule has 0 spiro atoms. The van der Waals surface area contributed by atoms with Crippen molar-refractivity contribution in [3.63, 3.8) is 0 Å². The van der Waals surface area contributed by atoms with Crippen LogP contribution in [0.25, 0.3) is 10.2 Å². The quantitative estimate of drug-likeness (QED) is 0.714. The van der Waals surface area contributed by atoms with Gasteiger partial charge in [0, 0.05) is 10.0 Å². The molecule has 3 aromatic rings. The van der Waals surface area contributed by atoms with Crippen LogP contribution in [0, 0.1) is 0 Å². The Balaban J connectivity index is 1.67. The number of aromatic nitrogens is 2. The standard InChI is InChI=1S/C15H10Cl2N2O3S/c16-9-2-1-8(10(17)6-9)5-13(20)22-7-12-18-11-3-4-23-14(11)15(21)19-12/h1-4,6H,5,7H2,(H,18,19,21). The molecule has 0 aliphatic rings. The summed E-state index contributed by atoms with van der Waals surface area (Å²) in [5, 5.41) is 2.68. The molecule has 2 heterocycles. The molecular formula is C15H10Cl2N2O3S. The van der Waals surface area contributed by atoms with Crippen molar-refractivity contribution in [1.82, 2.24) is 9.97 Å². The number of carbonyl (C=O) groups is 1. The Morgan fingerprint density at radius 3 is 2.91 bits per heavy atom. The molecule has 0 aliphatic carbocycles. The highest BCUT2D eigenvalue weighted by atomic mass is 35.5. The fraction of sp³-hybridized carbons (Fsp3) is 0.133. The number of rotatable bonds is 4. The predicted molar refractivity (Wildman–Crippen MR) is 90.2 cm³/mol. The number of aromatic amines is 1. The number of halogens is 2. The topological polar surface area (TPSA) is 72.0 Å². The number of thiophene rings is 1. The van der Waals surface area contributed by atoms with Crippen LogP contribution >= 0.6 is 34.5 Å². The van der Waals surface area contributed by atoms with E-state index in [1.165, 1.54) is 11.3 Å². The molecule has 0 fully saturated rings. The summed E-state index contributed by atoms with van der Waals surface area (Å²) >= 11 is 13.1. The van der Waals surface area contributed by atoms with Crippen LogP contribution in [0.1, 0.15) is 11.4 Å². The number of carbonyl (C=O) groups excluding carboxylic acids is 1. The van der Waals surface area contributed by atoms with Gasteiger partial charge in [-0.1, -0.05) is 29.3 Å². The maximum Gasteiger partial charge on any atom is 0.310 e. The maximum atomic E-state index is 11.9. The summed E-state index contributed by atoms with van der Waals surface area (Å²) in [7, 11) is 0. The summed E-state index contributed by atoms with van der Waals surface area (Å²) in [4.78, 5) is 30.5. The molecule has 8 heteroatoms. The zero-order valence-corrected chi connectivity index (χ0v) is 14.0. The van der Waals surface area contributed by atoms with Crippen molar-refractivity contribution >= 4 is 50.7 Å². The van der Waals surface area contributed by atoms with E-state index in [1.807, 2.05) is 0 Å². The van der Waals surface area contributed by atoms with Crippen LogP contribution in [0.5, 0.6) is 0 Å². The monoisotopic (exact) mass is 368 g/mol. The summed E-state index contributed by atoms with van der Waals surface area (Å²) in [5.74, 6) is -0.168. The molecule has 1 aromatic carbocycles. The van der Waals surface area contributed by atoms with Gasteiger partial charge in [-0.2, -0.15) is 0 Å². The Morgan fingerprint density at radius 1 is 1.30 bits per heavy atom. The van der Waals surface area contributed by atoms with Crippen molar-refractivity contribution in [3.05, 3.63) is 61.4 Å². The molecule has 0 saturated heterocycles. The van der Waals surface area contributed by atoms with Crippen molar-refractivity contribution in [2.75, 3.05) is 0 Å². The number of hydrogen-bond acceptors (Lipinski definition) is 5. The number of nitrogens with zero attached hydrogens (tertiary/aromatic N) is 1. The van der Waals surface area contributed by atoms with Gasteiger partial charge in [-0.25, -0.2) is 4.98 Å². The molecule has 2 aromatic heterocycles. The van der Waals surface area contributed by atoms with Crippen molar-refractivity contribution in [3.8, 4) is 0 Å². The maximum absolute atomic E-state index is 11.9. The molecule has 0 atom stereocenters. The van der Waals surface area contributed by atoms with Crippen LogP contribution in [0.4, 0.5) is 0 Å². The van der Waals surface area contributed by atoms with Gasteiger partial charge in [0.2, 0.25) is 0 Å². The summed E-state index contributed by atoms with van der Waals surface area (Å²) in [5.41, 5.74) is 0.971. The van der Waals surface area contributed by atoms with Crippen LogP contribution in [0.15, 0.2) is 34.4 Å². The van der Waals surface area contributed by atoms with Crippen molar-refractivity contribution < 1.29 is 9.53 Å². The molecule has 0 saturated carbocycles. The third-order valence-electron chi connectivity index (χ3n) is 3.08. The van der Waals surface area contributed by atoms with E-state index in [2.05, 4.69) is 9.97 Å². The Kier molecular flexibility index (Phi) is 4.66. The molecule has 0 unspecified atom stereocenters. The highest BCUT2D eigenvalue weighted by Gasteiger charge is 2.11. The summed E-state index contributed by atoms with van der Waals surface area (Å²) in [6.45, 7) is -0.106. The molecule has 23 heavy (non-hydrogen) atoms. The van der Waals surface area contributed by atoms with E-state index in [9.17, 15) is 9.59 Å². The Hall–Kier alpha value is -1.89. The van der Waals surface area contributed by atoms with Gasteiger partial charge in [-0.05, 0) is 29.1 Å². The average Bonchev–Trinajstić information content (AvgIpc) is 2.97. The smallest absolute Gasteiger partial charge is 0.310 e. The summed E-state index contributed by atoms with van der Waals surface area (Å²) < 4.78 is 5.69. The molecular weight excluding hydrogens is 359 g/mol.